The van der Waals surface area contributed by atoms with Crippen LogP contribution in [0.25, 0.3) is 0 Å². The Labute approximate surface area is 61.6 Å². The molecule has 0 aliphatic carbocycles. The van der Waals surface area contributed by atoms with E-state index in [1.54, 1.807) is 0 Å². The number of hydrogen-bond donors (Lipinski definition) is 1. The predicted molar refractivity (Wildman–Crippen MR) is 40.8 cm³/mol. The van der Waals surface area contributed by atoms with Crippen LogP contribution in [-0.4, -0.2) is 11.1 Å². The summed E-state index contributed by atoms with van der Waals surface area (Å²) < 4.78 is 0. The van der Waals surface area contributed by atoms with E-state index >= 15 is 0 Å². The van der Waals surface area contributed by atoms with Gasteiger partial charge in [0.05, 0.1) is 0 Å². The third kappa shape index (κ3) is 7.21. The van der Waals surface area contributed by atoms with Crippen LogP contribution in [0, 0.1) is 5.92 Å². The van der Waals surface area contributed by atoms with Gasteiger partial charge in [0.25, 0.3) is 0 Å². The van der Waals surface area contributed by atoms with Gasteiger partial charge in [-0.05, 0) is 12.3 Å². The van der Waals surface area contributed by atoms with Crippen LogP contribution < -0.4 is 0 Å². The van der Waals surface area contributed by atoms with E-state index in [2.05, 4.69) is 13.8 Å². The van der Waals surface area contributed by atoms with E-state index in [0.29, 0.717) is 12.3 Å². The van der Waals surface area contributed by atoms with Crippen LogP contribution in [0.2, 0.25) is 0 Å². The molecule has 0 rings (SSSR count). The summed E-state index contributed by atoms with van der Waals surface area (Å²) in [7, 11) is 0. The second kappa shape index (κ2) is 5.03. The lowest BCUT2D eigenvalue weighted by Gasteiger charge is -1.91. The lowest BCUT2D eigenvalue weighted by atomic mass is 10.2. The van der Waals surface area contributed by atoms with Crippen molar-refractivity contribution in [3.05, 3.63) is 12.2 Å². The predicted octanol–water partition coefficient (Wildman–Crippen LogP) is 2.06. The summed E-state index contributed by atoms with van der Waals surface area (Å²) in [6, 6.07) is 0. The van der Waals surface area contributed by atoms with Gasteiger partial charge in [-0.25, -0.2) is 0 Å². The van der Waals surface area contributed by atoms with Gasteiger partial charge in [-0.1, -0.05) is 26.0 Å². The molecule has 2 heteroatoms. The number of carboxylic acid groups (broad SMARTS) is 1. The van der Waals surface area contributed by atoms with Crippen molar-refractivity contribution < 1.29 is 9.90 Å². The second-order valence-electron chi connectivity index (χ2n) is 2.60. The fraction of sp³-hybridized carbons (Fsp3) is 0.625. The molecule has 0 aromatic carbocycles. The van der Waals surface area contributed by atoms with Gasteiger partial charge in [0.1, 0.15) is 0 Å². The maximum Gasteiger partial charge on any atom is 0.303 e. The average molecular weight is 142 g/mol. The topological polar surface area (TPSA) is 37.3 Å². The SMILES string of the molecule is CC(C)/C=C\CCC(=O)O. The Balaban J connectivity index is 3.27. The third-order valence-electron chi connectivity index (χ3n) is 1.05. The summed E-state index contributed by atoms with van der Waals surface area (Å²) in [5.74, 6) is -0.206. The maximum absolute atomic E-state index is 10.0. The van der Waals surface area contributed by atoms with Crippen LogP contribution in [0.15, 0.2) is 12.2 Å². The molecule has 0 atom stereocenters. The van der Waals surface area contributed by atoms with E-state index in [-0.39, 0.29) is 6.42 Å². The Hall–Kier alpha value is -0.790. The third-order valence-corrected chi connectivity index (χ3v) is 1.05. The summed E-state index contributed by atoms with van der Waals surface area (Å²) in [4.78, 5) is 10.0. The first-order valence-electron chi connectivity index (χ1n) is 3.51. The van der Waals surface area contributed by atoms with Gasteiger partial charge in [0, 0.05) is 6.42 Å². The van der Waals surface area contributed by atoms with Gasteiger partial charge in [-0.2, -0.15) is 0 Å². The van der Waals surface area contributed by atoms with Gasteiger partial charge >= 0.3 is 5.97 Å². The largest absolute Gasteiger partial charge is 0.481 e. The highest BCUT2D eigenvalue weighted by Crippen LogP contribution is 1.97. The van der Waals surface area contributed by atoms with E-state index in [9.17, 15) is 4.79 Å². The number of allylic oxidation sites excluding steroid dienone is 2. The summed E-state index contributed by atoms with van der Waals surface area (Å²) in [5.41, 5.74) is 0. The number of carbonyl (C=O) groups is 1. The molecule has 10 heavy (non-hydrogen) atoms. The molecular weight excluding hydrogens is 128 g/mol. The van der Waals surface area contributed by atoms with E-state index in [0.717, 1.165) is 0 Å². The molecule has 2 nitrogen and oxygen atoms in total. The van der Waals surface area contributed by atoms with Gasteiger partial charge in [0.2, 0.25) is 0 Å². The first kappa shape index (κ1) is 9.21. The standard InChI is InChI=1S/C8H14O2/c1-7(2)5-3-4-6-8(9)10/h3,5,7H,4,6H2,1-2H3,(H,9,10)/b5-3-. The van der Waals surface area contributed by atoms with Gasteiger partial charge in [-0.15, -0.1) is 0 Å². The average Bonchev–Trinajstić information content (AvgIpc) is 1.79. The Morgan fingerprint density at radius 3 is 2.60 bits per heavy atom. The van der Waals surface area contributed by atoms with Crippen molar-refractivity contribution in [3.63, 3.8) is 0 Å². The number of rotatable bonds is 4. The fourth-order valence-corrected chi connectivity index (χ4v) is 0.575. The van der Waals surface area contributed by atoms with Crippen LogP contribution in [0.1, 0.15) is 26.7 Å². The molecule has 0 radical (unpaired) electrons. The van der Waals surface area contributed by atoms with E-state index in [1.807, 2.05) is 12.2 Å². The summed E-state index contributed by atoms with van der Waals surface area (Å²) in [5, 5.41) is 8.24. The molecule has 0 aromatic rings. The Kier molecular flexibility index (Phi) is 4.63. The Morgan fingerprint density at radius 2 is 2.20 bits per heavy atom. The summed E-state index contributed by atoms with van der Waals surface area (Å²) in [6.45, 7) is 4.13. The van der Waals surface area contributed by atoms with Gasteiger partial charge < -0.3 is 5.11 Å². The molecule has 0 aromatic heterocycles. The molecule has 0 saturated carbocycles. The minimum Gasteiger partial charge on any atom is -0.481 e. The van der Waals surface area contributed by atoms with Crippen LogP contribution in [0.3, 0.4) is 0 Å². The van der Waals surface area contributed by atoms with Crippen molar-refractivity contribution in [1.82, 2.24) is 0 Å². The molecule has 0 amide bonds. The van der Waals surface area contributed by atoms with E-state index in [4.69, 9.17) is 5.11 Å². The summed E-state index contributed by atoms with van der Waals surface area (Å²) >= 11 is 0. The van der Waals surface area contributed by atoms with Crippen molar-refractivity contribution in [1.29, 1.82) is 0 Å². The molecule has 0 heterocycles. The molecular formula is C8H14O2. The molecule has 0 fully saturated rings. The normalized spacial score (nSPS) is 11.1. The summed E-state index contributed by atoms with van der Waals surface area (Å²) in [6.07, 6.45) is 4.82. The molecule has 0 aliphatic rings. The second-order valence-corrected chi connectivity index (χ2v) is 2.60. The lowest BCUT2D eigenvalue weighted by Crippen LogP contribution is -1.91. The van der Waals surface area contributed by atoms with Gasteiger partial charge in [-0.3, -0.25) is 4.79 Å². The number of carboxylic acids is 1. The van der Waals surface area contributed by atoms with Crippen LogP contribution in [0.4, 0.5) is 0 Å². The molecule has 0 spiro atoms. The fourth-order valence-electron chi connectivity index (χ4n) is 0.575. The minimum atomic E-state index is -0.728. The van der Waals surface area contributed by atoms with E-state index < -0.39 is 5.97 Å². The molecule has 58 valence electrons. The highest BCUT2D eigenvalue weighted by atomic mass is 16.4. The van der Waals surface area contributed by atoms with Crippen LogP contribution >= 0.6 is 0 Å². The lowest BCUT2D eigenvalue weighted by molar-refractivity contribution is -0.136. The Morgan fingerprint density at radius 1 is 1.60 bits per heavy atom. The molecule has 1 N–H and O–H groups in total. The first-order chi connectivity index (χ1) is 4.63. The Bertz CT molecular complexity index is 125. The zero-order chi connectivity index (χ0) is 7.98. The maximum atomic E-state index is 10.0. The quantitative estimate of drug-likeness (QED) is 0.610. The van der Waals surface area contributed by atoms with Crippen molar-refractivity contribution in [3.8, 4) is 0 Å². The molecule has 0 saturated heterocycles. The van der Waals surface area contributed by atoms with Crippen molar-refractivity contribution in [2.75, 3.05) is 0 Å². The molecule has 0 unspecified atom stereocenters. The minimum absolute atomic E-state index is 0.239. The smallest absolute Gasteiger partial charge is 0.303 e. The van der Waals surface area contributed by atoms with Crippen LogP contribution in [0.5, 0.6) is 0 Å². The van der Waals surface area contributed by atoms with E-state index in [1.165, 1.54) is 0 Å². The number of aliphatic carboxylic acids is 1. The zero-order valence-corrected chi connectivity index (χ0v) is 6.50. The monoisotopic (exact) mass is 142 g/mol. The van der Waals surface area contributed by atoms with Crippen molar-refractivity contribution >= 4 is 5.97 Å². The number of hydrogen-bond acceptors (Lipinski definition) is 1. The van der Waals surface area contributed by atoms with Crippen molar-refractivity contribution in [2.24, 2.45) is 5.92 Å². The zero-order valence-electron chi connectivity index (χ0n) is 6.50. The molecule has 0 aliphatic heterocycles. The van der Waals surface area contributed by atoms with Gasteiger partial charge in [0.15, 0.2) is 0 Å². The highest BCUT2D eigenvalue weighted by molar-refractivity contribution is 5.66. The molecule has 0 bridgehead atoms. The van der Waals surface area contributed by atoms with Crippen molar-refractivity contribution in [2.45, 2.75) is 26.7 Å². The first-order valence-corrected chi connectivity index (χ1v) is 3.51. The highest BCUT2D eigenvalue weighted by Gasteiger charge is 1.91. The van der Waals surface area contributed by atoms with Crippen LogP contribution in [-0.2, 0) is 4.79 Å².